The van der Waals surface area contributed by atoms with Gasteiger partial charge in [0, 0.05) is 30.2 Å². The van der Waals surface area contributed by atoms with Crippen molar-refractivity contribution in [1.82, 2.24) is 19.1 Å². The summed E-state index contributed by atoms with van der Waals surface area (Å²) in [6.45, 7) is 8.19. The lowest BCUT2D eigenvalue weighted by Crippen LogP contribution is -2.40. The summed E-state index contributed by atoms with van der Waals surface area (Å²) >= 11 is 0.167. The molecule has 2 atom stereocenters. The Balaban J connectivity index is 2.12. The number of pyridine rings is 1. The van der Waals surface area contributed by atoms with Gasteiger partial charge in [0.25, 0.3) is 0 Å². The minimum absolute atomic E-state index is 0.124. The number of nitrogens with one attached hydrogen (secondary N) is 1. The highest BCUT2D eigenvalue weighted by atomic mass is 32.2. The molecular formula is C15H22N4O2S2. The van der Waals surface area contributed by atoms with Crippen LogP contribution in [-0.2, 0) is 22.7 Å². The van der Waals surface area contributed by atoms with Crippen LogP contribution in [-0.4, -0.2) is 30.8 Å². The molecule has 0 bridgehead atoms. The third-order valence-electron chi connectivity index (χ3n) is 3.02. The Morgan fingerprint density at radius 2 is 2.17 bits per heavy atom. The van der Waals surface area contributed by atoms with Crippen LogP contribution in [0, 0.1) is 0 Å². The number of hydrogen-bond donors (Lipinski definition) is 1. The molecule has 1 N–H and O–H groups in total. The lowest BCUT2D eigenvalue weighted by atomic mass is 10.2. The van der Waals surface area contributed by atoms with Gasteiger partial charge >= 0.3 is 0 Å². The van der Waals surface area contributed by atoms with Gasteiger partial charge in [-0.05, 0) is 51.4 Å². The molecule has 1 unspecified atom stereocenters. The monoisotopic (exact) mass is 354 g/mol. The minimum Gasteiger partial charge on any atom is -0.598 e. The molecule has 0 aliphatic heterocycles. The highest BCUT2D eigenvalue weighted by Crippen LogP contribution is 2.24. The van der Waals surface area contributed by atoms with Crippen molar-refractivity contribution in [2.24, 2.45) is 0 Å². The molecule has 0 saturated heterocycles. The lowest BCUT2D eigenvalue weighted by molar-refractivity contribution is 0.181. The van der Waals surface area contributed by atoms with Crippen LogP contribution in [0.25, 0.3) is 11.4 Å². The molecule has 2 heterocycles. The van der Waals surface area contributed by atoms with Crippen LogP contribution in [0.1, 0.15) is 44.4 Å². The molecule has 2 rings (SSSR count). The van der Waals surface area contributed by atoms with Crippen LogP contribution in [0.2, 0.25) is 0 Å². The van der Waals surface area contributed by atoms with Gasteiger partial charge in [0.15, 0.2) is 5.82 Å². The zero-order valence-corrected chi connectivity index (χ0v) is 15.6. The molecule has 0 aliphatic carbocycles. The molecule has 6 nitrogen and oxygen atoms in total. The van der Waals surface area contributed by atoms with E-state index < -0.39 is 11.4 Å². The minimum atomic E-state index is -1.15. The fourth-order valence-corrected chi connectivity index (χ4v) is 3.29. The van der Waals surface area contributed by atoms with Gasteiger partial charge in [-0.25, -0.2) is 4.98 Å². The fourth-order valence-electron chi connectivity index (χ4n) is 1.76. The zero-order chi connectivity index (χ0) is 17.0. The second kappa shape index (κ2) is 7.67. The van der Waals surface area contributed by atoms with E-state index >= 15 is 0 Å². The summed E-state index contributed by atoms with van der Waals surface area (Å²) in [4.78, 5) is 8.79. The van der Waals surface area contributed by atoms with Crippen LogP contribution < -0.4 is 4.72 Å². The standard InChI is InChI=1S/C15H22N4O2S2/c1-10(19-23(20)15(2,3)4)14-17-13(18-22-14)11-6-7-16-12(8-11)9-21-5/h6-8,10,19H,9H2,1-5H3/t10?,23-/m0/s1. The number of aromatic nitrogens is 3. The molecule has 0 amide bonds. The molecular weight excluding hydrogens is 332 g/mol. The first-order valence-corrected chi connectivity index (χ1v) is 9.19. The van der Waals surface area contributed by atoms with E-state index in [2.05, 4.69) is 19.1 Å². The van der Waals surface area contributed by atoms with Crippen molar-refractivity contribution in [1.29, 1.82) is 0 Å². The van der Waals surface area contributed by atoms with Crippen molar-refractivity contribution >= 4 is 22.9 Å². The van der Waals surface area contributed by atoms with E-state index in [9.17, 15) is 4.55 Å². The first kappa shape index (κ1) is 18.3. The quantitative estimate of drug-likeness (QED) is 0.803. The molecule has 2 aromatic heterocycles. The second-order valence-electron chi connectivity index (χ2n) is 6.15. The first-order valence-electron chi connectivity index (χ1n) is 7.27. The largest absolute Gasteiger partial charge is 0.598 e. The Labute approximate surface area is 144 Å². The predicted molar refractivity (Wildman–Crippen MR) is 93.3 cm³/mol. The van der Waals surface area contributed by atoms with Crippen LogP contribution in [0.5, 0.6) is 0 Å². The molecule has 126 valence electrons. The molecule has 0 aromatic carbocycles. The maximum absolute atomic E-state index is 12.2. The van der Waals surface area contributed by atoms with E-state index in [-0.39, 0.29) is 10.8 Å². The zero-order valence-electron chi connectivity index (χ0n) is 14.0. The maximum atomic E-state index is 12.2. The number of ether oxygens (including phenoxy) is 1. The van der Waals surface area contributed by atoms with Crippen molar-refractivity contribution in [3.8, 4) is 11.4 Å². The Morgan fingerprint density at radius 3 is 2.83 bits per heavy atom. The Morgan fingerprint density at radius 1 is 1.43 bits per heavy atom. The number of nitrogens with zero attached hydrogens (tertiary/aromatic N) is 3. The van der Waals surface area contributed by atoms with Crippen molar-refractivity contribution in [3.63, 3.8) is 0 Å². The third-order valence-corrected chi connectivity index (χ3v) is 5.60. The van der Waals surface area contributed by atoms with Crippen LogP contribution in [0.15, 0.2) is 18.3 Å². The van der Waals surface area contributed by atoms with Crippen molar-refractivity contribution in [3.05, 3.63) is 29.0 Å². The van der Waals surface area contributed by atoms with Gasteiger partial charge in [0.1, 0.15) is 15.8 Å². The number of methoxy groups -OCH3 is 1. The predicted octanol–water partition coefficient (Wildman–Crippen LogP) is 2.86. The van der Waals surface area contributed by atoms with Gasteiger partial charge in [0.2, 0.25) is 0 Å². The third kappa shape index (κ3) is 4.95. The average Bonchev–Trinajstić information content (AvgIpc) is 2.97. The van der Waals surface area contributed by atoms with E-state index in [0.29, 0.717) is 12.4 Å². The summed E-state index contributed by atoms with van der Waals surface area (Å²) in [5.74, 6) is 0.653. The Bertz CT molecular complexity index is 642. The molecule has 0 aliphatic rings. The van der Waals surface area contributed by atoms with E-state index in [0.717, 1.165) is 16.3 Å². The van der Waals surface area contributed by atoms with Gasteiger partial charge in [-0.15, -0.1) is 4.72 Å². The van der Waals surface area contributed by atoms with E-state index in [1.54, 1.807) is 13.3 Å². The topological polar surface area (TPSA) is 83.0 Å². The maximum Gasteiger partial charge on any atom is 0.173 e. The second-order valence-corrected chi connectivity index (χ2v) is 8.93. The molecule has 0 radical (unpaired) electrons. The summed E-state index contributed by atoms with van der Waals surface area (Å²) in [5.41, 5.74) is 1.74. The molecule has 8 heteroatoms. The Kier molecular flexibility index (Phi) is 6.10. The van der Waals surface area contributed by atoms with Crippen molar-refractivity contribution in [2.45, 2.75) is 45.1 Å². The summed E-state index contributed by atoms with van der Waals surface area (Å²) in [7, 11) is 1.64. The summed E-state index contributed by atoms with van der Waals surface area (Å²) in [5, 5.41) is 0.808. The normalized spacial score (nSPS) is 14.7. The van der Waals surface area contributed by atoms with Gasteiger partial charge < -0.3 is 9.29 Å². The molecule has 2 aromatic rings. The first-order chi connectivity index (χ1) is 10.8. The van der Waals surface area contributed by atoms with Crippen LogP contribution in [0.4, 0.5) is 0 Å². The van der Waals surface area contributed by atoms with Crippen LogP contribution in [0.3, 0.4) is 0 Å². The molecule has 23 heavy (non-hydrogen) atoms. The SMILES string of the molecule is COCc1cc(-c2nsc(C(C)N[S@@+]([O-])C(C)(C)C)n2)ccn1. The summed E-state index contributed by atoms with van der Waals surface area (Å²) < 4.78 is 24.4. The van der Waals surface area contributed by atoms with Crippen molar-refractivity contribution < 1.29 is 9.29 Å². The highest BCUT2D eigenvalue weighted by Gasteiger charge is 2.29. The van der Waals surface area contributed by atoms with E-state index in [4.69, 9.17) is 4.74 Å². The lowest BCUT2D eigenvalue weighted by Gasteiger charge is -2.25. The summed E-state index contributed by atoms with van der Waals surface area (Å²) in [6, 6.07) is 3.67. The van der Waals surface area contributed by atoms with Gasteiger partial charge in [0.05, 0.1) is 12.3 Å². The molecule has 0 fully saturated rings. The molecule has 0 spiro atoms. The van der Waals surface area contributed by atoms with E-state index in [1.807, 2.05) is 39.8 Å². The number of rotatable bonds is 6. The van der Waals surface area contributed by atoms with Gasteiger partial charge in [-0.3, -0.25) is 4.98 Å². The summed E-state index contributed by atoms with van der Waals surface area (Å²) in [6.07, 6.45) is 1.72. The van der Waals surface area contributed by atoms with Gasteiger partial charge in [-0.2, -0.15) is 4.37 Å². The van der Waals surface area contributed by atoms with E-state index in [1.165, 1.54) is 11.5 Å². The Hall–Kier alpha value is -1.06. The van der Waals surface area contributed by atoms with Gasteiger partial charge in [-0.1, -0.05) is 0 Å². The molecule has 0 saturated carbocycles. The van der Waals surface area contributed by atoms with Crippen LogP contribution >= 0.6 is 11.5 Å². The fraction of sp³-hybridized carbons (Fsp3) is 0.533. The van der Waals surface area contributed by atoms with Crippen molar-refractivity contribution in [2.75, 3.05) is 7.11 Å². The number of hydrogen-bond acceptors (Lipinski definition) is 7. The smallest absolute Gasteiger partial charge is 0.173 e. The average molecular weight is 355 g/mol. The highest BCUT2D eigenvalue weighted by molar-refractivity contribution is 7.90.